The number of hydrogen-bond acceptors (Lipinski definition) is 2. The number of rotatable bonds is 4. The van der Waals surface area contributed by atoms with Gasteiger partial charge in [0.15, 0.2) is 0 Å². The molecule has 1 N–H and O–H groups in total. The first-order valence-electron chi connectivity index (χ1n) is 7.78. The van der Waals surface area contributed by atoms with Crippen LogP contribution in [0.4, 0.5) is 0 Å². The molecule has 2 heteroatoms. The average molecular weight is 282 g/mol. The summed E-state index contributed by atoms with van der Waals surface area (Å²) in [5.74, 6) is 2.55. The Labute approximate surface area is 126 Å². The highest BCUT2D eigenvalue weighted by molar-refractivity contribution is 5.33. The van der Waals surface area contributed by atoms with Crippen LogP contribution in [0, 0.1) is 0 Å². The van der Waals surface area contributed by atoms with E-state index >= 15 is 0 Å². The Morgan fingerprint density at radius 1 is 0.905 bits per heavy atom. The van der Waals surface area contributed by atoms with E-state index in [0.29, 0.717) is 24.2 Å². The maximum absolute atomic E-state index is 9.39. The summed E-state index contributed by atoms with van der Waals surface area (Å²) < 4.78 is 5.50. The molecule has 0 spiro atoms. The first-order valence-corrected chi connectivity index (χ1v) is 7.78. The van der Waals surface area contributed by atoms with Gasteiger partial charge in [-0.15, -0.1) is 0 Å². The summed E-state index contributed by atoms with van der Waals surface area (Å²) in [6.07, 6.45) is 3.65. The fourth-order valence-corrected chi connectivity index (χ4v) is 3.34. The molecule has 0 radical (unpaired) electrons. The number of ether oxygens (including phenoxy) is 1. The molecule has 1 fully saturated rings. The lowest BCUT2D eigenvalue weighted by Gasteiger charge is -2.13. The second-order valence-corrected chi connectivity index (χ2v) is 5.80. The van der Waals surface area contributed by atoms with E-state index in [1.807, 2.05) is 6.92 Å². The lowest BCUT2D eigenvalue weighted by atomic mass is 9.93. The van der Waals surface area contributed by atoms with Crippen molar-refractivity contribution in [3.63, 3.8) is 0 Å². The molecule has 0 amide bonds. The first kappa shape index (κ1) is 14.0. The van der Waals surface area contributed by atoms with E-state index in [0.717, 1.165) is 5.75 Å². The highest BCUT2D eigenvalue weighted by atomic mass is 16.5. The van der Waals surface area contributed by atoms with Crippen LogP contribution in [0.2, 0.25) is 0 Å². The monoisotopic (exact) mass is 282 g/mol. The summed E-state index contributed by atoms with van der Waals surface area (Å²) in [4.78, 5) is 0. The van der Waals surface area contributed by atoms with E-state index < -0.39 is 0 Å². The predicted octanol–water partition coefficient (Wildman–Crippen LogP) is 4.84. The van der Waals surface area contributed by atoms with Gasteiger partial charge in [0, 0.05) is 0 Å². The molecule has 2 atom stereocenters. The van der Waals surface area contributed by atoms with Gasteiger partial charge in [-0.1, -0.05) is 24.3 Å². The third-order valence-electron chi connectivity index (χ3n) is 4.46. The van der Waals surface area contributed by atoms with Gasteiger partial charge in [0.1, 0.15) is 11.5 Å². The third-order valence-corrected chi connectivity index (χ3v) is 4.46. The standard InChI is InChI=1S/C19H22O2/c1-2-21-19-11-7-15(8-12-19)17-4-3-16(13-17)14-5-9-18(20)10-6-14/h5-12,16-17,20H,2-4,13H2,1H3/t16-,17+/m0/s1. The van der Waals surface area contributed by atoms with Gasteiger partial charge in [-0.3, -0.25) is 0 Å². The van der Waals surface area contributed by atoms with Gasteiger partial charge in [0.05, 0.1) is 6.61 Å². The zero-order chi connectivity index (χ0) is 14.7. The van der Waals surface area contributed by atoms with Crippen LogP contribution in [-0.2, 0) is 0 Å². The number of hydrogen-bond donors (Lipinski definition) is 1. The number of benzene rings is 2. The Morgan fingerprint density at radius 2 is 1.43 bits per heavy atom. The molecule has 1 aliphatic rings. The van der Waals surface area contributed by atoms with Crippen molar-refractivity contribution in [1.82, 2.24) is 0 Å². The van der Waals surface area contributed by atoms with Crippen LogP contribution in [0.1, 0.15) is 49.1 Å². The van der Waals surface area contributed by atoms with E-state index in [-0.39, 0.29) is 0 Å². The van der Waals surface area contributed by atoms with Crippen LogP contribution in [0.5, 0.6) is 11.5 Å². The normalized spacial score (nSPS) is 21.4. The third kappa shape index (κ3) is 3.21. The number of phenolic OH excluding ortho intramolecular Hbond substituents is 1. The molecule has 110 valence electrons. The van der Waals surface area contributed by atoms with E-state index in [4.69, 9.17) is 4.74 Å². The molecule has 0 aliphatic heterocycles. The first-order chi connectivity index (χ1) is 10.3. The molecule has 1 aliphatic carbocycles. The second kappa shape index (κ2) is 6.21. The average Bonchev–Trinajstić information content (AvgIpc) is 2.99. The fraction of sp³-hybridized carbons (Fsp3) is 0.368. The zero-order valence-electron chi connectivity index (χ0n) is 12.5. The minimum atomic E-state index is 0.347. The van der Waals surface area contributed by atoms with E-state index in [1.54, 1.807) is 12.1 Å². The van der Waals surface area contributed by atoms with E-state index in [1.165, 1.54) is 30.4 Å². The van der Waals surface area contributed by atoms with Crippen molar-refractivity contribution in [3.8, 4) is 11.5 Å². The molecule has 0 heterocycles. The summed E-state index contributed by atoms with van der Waals surface area (Å²) in [5.41, 5.74) is 2.76. The van der Waals surface area contributed by atoms with E-state index in [2.05, 4.69) is 36.4 Å². The lowest BCUT2D eigenvalue weighted by Crippen LogP contribution is -1.96. The largest absolute Gasteiger partial charge is 0.508 e. The molecular formula is C19H22O2. The van der Waals surface area contributed by atoms with Gasteiger partial charge in [-0.2, -0.15) is 0 Å². The molecule has 21 heavy (non-hydrogen) atoms. The van der Waals surface area contributed by atoms with Crippen molar-refractivity contribution in [1.29, 1.82) is 0 Å². The van der Waals surface area contributed by atoms with Crippen LogP contribution in [0.15, 0.2) is 48.5 Å². The molecule has 0 saturated heterocycles. The topological polar surface area (TPSA) is 29.5 Å². The lowest BCUT2D eigenvalue weighted by molar-refractivity contribution is 0.340. The van der Waals surface area contributed by atoms with Crippen molar-refractivity contribution >= 4 is 0 Å². The van der Waals surface area contributed by atoms with Crippen LogP contribution in [0.3, 0.4) is 0 Å². The van der Waals surface area contributed by atoms with Crippen LogP contribution in [0.25, 0.3) is 0 Å². The molecule has 1 saturated carbocycles. The SMILES string of the molecule is CCOc1ccc([C@@H]2CC[C@H](c3ccc(O)cc3)C2)cc1. The van der Waals surface area contributed by atoms with Crippen LogP contribution >= 0.6 is 0 Å². The Bertz CT molecular complexity index is 572. The molecular weight excluding hydrogens is 260 g/mol. The quantitative estimate of drug-likeness (QED) is 0.869. The van der Waals surface area contributed by atoms with Gasteiger partial charge in [0.2, 0.25) is 0 Å². The summed E-state index contributed by atoms with van der Waals surface area (Å²) >= 11 is 0. The summed E-state index contributed by atoms with van der Waals surface area (Å²) in [5, 5.41) is 9.39. The maximum atomic E-state index is 9.39. The zero-order valence-corrected chi connectivity index (χ0v) is 12.5. The molecule has 3 rings (SSSR count). The van der Waals surface area contributed by atoms with Crippen molar-refractivity contribution in [2.24, 2.45) is 0 Å². The molecule has 0 bridgehead atoms. The van der Waals surface area contributed by atoms with Crippen molar-refractivity contribution in [2.75, 3.05) is 6.61 Å². The maximum Gasteiger partial charge on any atom is 0.119 e. The summed E-state index contributed by atoms with van der Waals surface area (Å²) in [6, 6.07) is 16.3. The Morgan fingerprint density at radius 3 is 1.95 bits per heavy atom. The number of aromatic hydroxyl groups is 1. The smallest absolute Gasteiger partial charge is 0.119 e. The summed E-state index contributed by atoms with van der Waals surface area (Å²) in [7, 11) is 0. The summed E-state index contributed by atoms with van der Waals surface area (Å²) in [6.45, 7) is 2.72. The van der Waals surface area contributed by atoms with Gasteiger partial charge in [-0.25, -0.2) is 0 Å². The molecule has 0 unspecified atom stereocenters. The molecule has 2 nitrogen and oxygen atoms in total. The Kier molecular flexibility index (Phi) is 4.14. The van der Waals surface area contributed by atoms with Crippen molar-refractivity contribution < 1.29 is 9.84 Å². The van der Waals surface area contributed by atoms with E-state index in [9.17, 15) is 5.11 Å². The Balaban J connectivity index is 1.67. The van der Waals surface area contributed by atoms with Crippen molar-refractivity contribution in [3.05, 3.63) is 59.7 Å². The highest BCUT2D eigenvalue weighted by Crippen LogP contribution is 2.43. The van der Waals surface area contributed by atoms with Gasteiger partial charge in [0.25, 0.3) is 0 Å². The minimum Gasteiger partial charge on any atom is -0.508 e. The van der Waals surface area contributed by atoms with Crippen molar-refractivity contribution in [2.45, 2.75) is 38.0 Å². The highest BCUT2D eigenvalue weighted by Gasteiger charge is 2.26. The molecule has 2 aromatic rings. The van der Waals surface area contributed by atoms with Gasteiger partial charge in [-0.05, 0) is 73.4 Å². The molecule has 0 aromatic heterocycles. The fourth-order valence-electron chi connectivity index (χ4n) is 3.34. The van der Waals surface area contributed by atoms with Crippen LogP contribution < -0.4 is 4.74 Å². The second-order valence-electron chi connectivity index (χ2n) is 5.80. The predicted molar refractivity (Wildman–Crippen MR) is 85.1 cm³/mol. The Hall–Kier alpha value is -1.96. The van der Waals surface area contributed by atoms with Gasteiger partial charge >= 0.3 is 0 Å². The molecule has 2 aromatic carbocycles. The number of phenols is 1. The van der Waals surface area contributed by atoms with Crippen LogP contribution in [-0.4, -0.2) is 11.7 Å². The minimum absolute atomic E-state index is 0.347. The van der Waals surface area contributed by atoms with Gasteiger partial charge < -0.3 is 9.84 Å².